The molecule has 0 aliphatic rings. The van der Waals surface area contributed by atoms with Gasteiger partial charge < -0.3 is 10.6 Å². The highest BCUT2D eigenvalue weighted by molar-refractivity contribution is 5.91. The summed E-state index contributed by atoms with van der Waals surface area (Å²) in [5.41, 5.74) is 0.573. The van der Waals surface area contributed by atoms with Crippen molar-refractivity contribution in [2.45, 2.75) is 6.42 Å². The standard InChI is InChI=1S/C18H13F3N4O/c19-12-3-1-2-11(8-12)9-18(26)23-17-7-6-16(24-25-17)22-15-5-4-13(20)10-14(15)21/h1-8,10H,9H2,(H,22,24)(H,23,25,26). The highest BCUT2D eigenvalue weighted by Crippen LogP contribution is 2.19. The van der Waals surface area contributed by atoms with E-state index in [2.05, 4.69) is 20.8 Å². The molecule has 0 aliphatic heterocycles. The molecule has 0 bridgehead atoms. The summed E-state index contributed by atoms with van der Waals surface area (Å²) in [5.74, 6) is -1.83. The average molecular weight is 358 g/mol. The average Bonchev–Trinajstić information content (AvgIpc) is 2.59. The Kier molecular flexibility index (Phi) is 5.12. The van der Waals surface area contributed by atoms with Crippen LogP contribution in [0.25, 0.3) is 0 Å². The Morgan fingerprint density at radius 2 is 1.62 bits per heavy atom. The fraction of sp³-hybridized carbons (Fsp3) is 0.0556. The third kappa shape index (κ3) is 4.56. The summed E-state index contributed by atoms with van der Waals surface area (Å²) >= 11 is 0. The third-order valence-corrected chi connectivity index (χ3v) is 3.38. The largest absolute Gasteiger partial charge is 0.336 e. The van der Waals surface area contributed by atoms with E-state index in [1.165, 1.54) is 36.4 Å². The van der Waals surface area contributed by atoms with Crippen LogP contribution in [0.1, 0.15) is 5.56 Å². The number of carbonyl (C=O) groups excluding carboxylic acids is 1. The van der Waals surface area contributed by atoms with Gasteiger partial charge in [0.25, 0.3) is 0 Å². The second-order valence-corrected chi connectivity index (χ2v) is 5.41. The van der Waals surface area contributed by atoms with Crippen LogP contribution >= 0.6 is 0 Å². The van der Waals surface area contributed by atoms with Gasteiger partial charge in [0, 0.05) is 6.07 Å². The van der Waals surface area contributed by atoms with Gasteiger partial charge in [-0.3, -0.25) is 4.79 Å². The summed E-state index contributed by atoms with van der Waals surface area (Å²) in [4.78, 5) is 11.9. The second kappa shape index (κ2) is 7.64. The molecule has 0 unspecified atom stereocenters. The van der Waals surface area contributed by atoms with Crippen LogP contribution in [-0.4, -0.2) is 16.1 Å². The van der Waals surface area contributed by atoms with Gasteiger partial charge in [-0.2, -0.15) is 0 Å². The summed E-state index contributed by atoms with van der Waals surface area (Å²) < 4.78 is 39.6. The number of carbonyl (C=O) groups is 1. The van der Waals surface area contributed by atoms with Crippen LogP contribution in [-0.2, 0) is 11.2 Å². The Morgan fingerprint density at radius 3 is 2.31 bits per heavy atom. The molecule has 0 spiro atoms. The van der Waals surface area contributed by atoms with E-state index in [0.717, 1.165) is 12.1 Å². The number of amides is 1. The molecule has 0 atom stereocenters. The maximum Gasteiger partial charge on any atom is 0.229 e. The van der Waals surface area contributed by atoms with E-state index < -0.39 is 17.5 Å². The molecule has 0 saturated heterocycles. The van der Waals surface area contributed by atoms with Crippen molar-refractivity contribution in [2.75, 3.05) is 10.6 Å². The van der Waals surface area contributed by atoms with E-state index in [-0.39, 0.29) is 29.7 Å². The number of hydrogen-bond acceptors (Lipinski definition) is 4. The molecule has 0 saturated carbocycles. The van der Waals surface area contributed by atoms with E-state index in [1.54, 1.807) is 6.07 Å². The molecule has 1 heterocycles. The minimum Gasteiger partial charge on any atom is -0.336 e. The number of nitrogens with zero attached hydrogens (tertiary/aromatic N) is 2. The zero-order chi connectivity index (χ0) is 18.5. The van der Waals surface area contributed by atoms with Crippen molar-refractivity contribution in [3.8, 4) is 0 Å². The first-order chi connectivity index (χ1) is 12.5. The number of anilines is 3. The van der Waals surface area contributed by atoms with Gasteiger partial charge in [0.05, 0.1) is 12.1 Å². The summed E-state index contributed by atoms with van der Waals surface area (Å²) in [7, 11) is 0. The van der Waals surface area contributed by atoms with Crippen LogP contribution in [0.5, 0.6) is 0 Å². The number of benzene rings is 2. The van der Waals surface area contributed by atoms with E-state index in [4.69, 9.17) is 0 Å². The second-order valence-electron chi connectivity index (χ2n) is 5.41. The molecule has 3 aromatic rings. The lowest BCUT2D eigenvalue weighted by Gasteiger charge is -2.08. The van der Waals surface area contributed by atoms with Crippen LogP contribution in [0.4, 0.5) is 30.5 Å². The quantitative estimate of drug-likeness (QED) is 0.728. The van der Waals surface area contributed by atoms with Crippen LogP contribution in [0.3, 0.4) is 0 Å². The van der Waals surface area contributed by atoms with Crippen molar-refractivity contribution in [1.82, 2.24) is 10.2 Å². The van der Waals surface area contributed by atoms with Gasteiger partial charge in [0.15, 0.2) is 11.6 Å². The molecule has 26 heavy (non-hydrogen) atoms. The zero-order valence-corrected chi connectivity index (χ0v) is 13.3. The SMILES string of the molecule is O=C(Cc1cccc(F)c1)Nc1ccc(Nc2ccc(F)cc2F)nn1. The lowest BCUT2D eigenvalue weighted by Crippen LogP contribution is -2.15. The molecule has 0 fully saturated rings. The Bertz CT molecular complexity index is 932. The smallest absolute Gasteiger partial charge is 0.229 e. The molecule has 3 rings (SSSR count). The molecular formula is C18H13F3N4O. The molecule has 1 amide bonds. The molecule has 132 valence electrons. The van der Waals surface area contributed by atoms with Crippen molar-refractivity contribution >= 4 is 23.2 Å². The molecule has 2 aromatic carbocycles. The molecule has 0 radical (unpaired) electrons. The maximum atomic E-state index is 13.6. The predicted molar refractivity (Wildman–Crippen MR) is 90.4 cm³/mol. The lowest BCUT2D eigenvalue weighted by molar-refractivity contribution is -0.115. The topological polar surface area (TPSA) is 66.9 Å². The highest BCUT2D eigenvalue weighted by atomic mass is 19.1. The van der Waals surface area contributed by atoms with Gasteiger partial charge in [0.1, 0.15) is 17.5 Å². The predicted octanol–water partition coefficient (Wildman–Crippen LogP) is 3.82. The van der Waals surface area contributed by atoms with Gasteiger partial charge in [-0.1, -0.05) is 12.1 Å². The molecule has 1 aromatic heterocycles. The van der Waals surface area contributed by atoms with Gasteiger partial charge >= 0.3 is 0 Å². The first kappa shape index (κ1) is 17.4. The third-order valence-electron chi connectivity index (χ3n) is 3.38. The monoisotopic (exact) mass is 358 g/mol. The fourth-order valence-electron chi connectivity index (χ4n) is 2.21. The molecule has 5 nitrogen and oxygen atoms in total. The lowest BCUT2D eigenvalue weighted by atomic mass is 10.1. The van der Waals surface area contributed by atoms with Gasteiger partial charge in [-0.05, 0) is 42.0 Å². The first-order valence-electron chi connectivity index (χ1n) is 7.60. The summed E-state index contributed by atoms with van der Waals surface area (Å²) in [6.45, 7) is 0. The molecule has 8 heteroatoms. The Morgan fingerprint density at radius 1 is 0.885 bits per heavy atom. The molecular weight excluding hydrogens is 345 g/mol. The van der Waals surface area contributed by atoms with Crippen LogP contribution in [0.15, 0.2) is 54.6 Å². The number of halogens is 3. The van der Waals surface area contributed by atoms with Crippen LogP contribution in [0, 0.1) is 17.5 Å². The van der Waals surface area contributed by atoms with Crippen molar-refractivity contribution in [2.24, 2.45) is 0 Å². The number of aromatic nitrogens is 2. The number of rotatable bonds is 5. The highest BCUT2D eigenvalue weighted by Gasteiger charge is 2.08. The zero-order valence-electron chi connectivity index (χ0n) is 13.3. The van der Waals surface area contributed by atoms with Gasteiger partial charge in [-0.25, -0.2) is 13.2 Å². The van der Waals surface area contributed by atoms with E-state index in [1.807, 2.05) is 0 Å². The van der Waals surface area contributed by atoms with E-state index in [9.17, 15) is 18.0 Å². The number of hydrogen-bond donors (Lipinski definition) is 2. The van der Waals surface area contributed by atoms with E-state index >= 15 is 0 Å². The Balaban J connectivity index is 1.61. The van der Waals surface area contributed by atoms with E-state index in [0.29, 0.717) is 5.56 Å². The Hall–Kier alpha value is -3.42. The minimum absolute atomic E-state index is 0.0137. The first-order valence-corrected chi connectivity index (χ1v) is 7.60. The summed E-state index contributed by atoms with van der Waals surface area (Å²) in [5, 5.41) is 12.8. The van der Waals surface area contributed by atoms with Crippen LogP contribution in [0.2, 0.25) is 0 Å². The normalized spacial score (nSPS) is 10.4. The van der Waals surface area contributed by atoms with Crippen molar-refractivity contribution in [3.05, 3.63) is 77.6 Å². The van der Waals surface area contributed by atoms with Crippen molar-refractivity contribution < 1.29 is 18.0 Å². The maximum absolute atomic E-state index is 13.6. The van der Waals surface area contributed by atoms with Gasteiger partial charge in [0.2, 0.25) is 5.91 Å². The van der Waals surface area contributed by atoms with Crippen molar-refractivity contribution in [1.29, 1.82) is 0 Å². The minimum atomic E-state index is -0.765. The number of nitrogens with one attached hydrogen (secondary N) is 2. The summed E-state index contributed by atoms with van der Waals surface area (Å²) in [6, 6.07) is 11.8. The Labute approximate surface area is 146 Å². The fourth-order valence-corrected chi connectivity index (χ4v) is 2.21. The molecule has 2 N–H and O–H groups in total. The summed E-state index contributed by atoms with van der Waals surface area (Å²) in [6.07, 6.45) is -0.0137. The van der Waals surface area contributed by atoms with Crippen molar-refractivity contribution in [3.63, 3.8) is 0 Å². The van der Waals surface area contributed by atoms with Gasteiger partial charge in [-0.15, -0.1) is 10.2 Å². The van der Waals surface area contributed by atoms with Crippen LogP contribution < -0.4 is 10.6 Å². The molecule has 0 aliphatic carbocycles.